The second kappa shape index (κ2) is 22.2. The molecular weight excluding hydrogens is 837 g/mol. The van der Waals surface area contributed by atoms with Crippen LogP contribution in [0.4, 0.5) is 5.82 Å². The first-order valence-electron chi connectivity index (χ1n) is 19.4. The Labute approximate surface area is 354 Å². The second-order valence-electron chi connectivity index (χ2n) is 14.3. The van der Waals surface area contributed by atoms with Crippen molar-refractivity contribution in [3.63, 3.8) is 0 Å². The van der Waals surface area contributed by atoms with Crippen molar-refractivity contribution in [3.05, 3.63) is 82.0 Å². The van der Waals surface area contributed by atoms with Crippen LogP contribution in [-0.4, -0.2) is 118 Å². The number of ether oxygens (including phenoxy) is 1. The van der Waals surface area contributed by atoms with E-state index in [0.717, 1.165) is 36.5 Å². The number of carboxylic acid groups (broad SMARTS) is 1. The third kappa shape index (κ3) is 15.4. The molecule has 61 heavy (non-hydrogen) atoms. The molecule has 1 aromatic heterocycles. The first kappa shape index (κ1) is 48.0. The number of nitrogens with zero attached hydrogens (tertiary/aromatic N) is 1. The largest absolute Gasteiger partial charge is 0.494 e. The number of pyridine rings is 1. The number of carbonyl (C=O) groups is 5. The van der Waals surface area contributed by atoms with Crippen LogP contribution < -0.4 is 41.8 Å². The number of nitrogens with one attached hydrogen (secondary N) is 6. The highest BCUT2D eigenvalue weighted by molar-refractivity contribution is 7.89. The van der Waals surface area contributed by atoms with Gasteiger partial charge in [-0.1, -0.05) is 18.2 Å². The minimum atomic E-state index is -4.60. The molecule has 332 valence electrons. The standard InChI is InChI=1S/C39H52N8O12S2/c1-24-19-30(59-18-4-6-33(48)41-16-17-43-38(51)32(23-60(54,55)56)46-34(49)21-40)20-25(2)35(24)61(57,58)47-31(39(52)53)22-44-37(50)28-10-7-26(8-11-28)9-13-29-14-12-27-5-3-15-42-36(27)45-29/h7-8,10-12,14,19-20,31-32,47H,3-6,9,13,15-18,21-23,40H2,1-2H3,(H,41,48)(H,42,45)(H,43,51)(H,44,50)(H,46,49)(H,52,53)(H,54,55,56). The number of aliphatic carboxylic acids is 1. The Morgan fingerprint density at radius 1 is 0.902 bits per heavy atom. The maximum absolute atomic E-state index is 13.5. The lowest BCUT2D eigenvalue weighted by Crippen LogP contribution is -2.52. The first-order valence-corrected chi connectivity index (χ1v) is 22.5. The van der Waals surface area contributed by atoms with Gasteiger partial charge < -0.3 is 42.2 Å². The molecule has 4 rings (SSSR count). The maximum atomic E-state index is 13.5. The van der Waals surface area contributed by atoms with Gasteiger partial charge in [0, 0.05) is 43.9 Å². The highest BCUT2D eigenvalue weighted by Crippen LogP contribution is 2.26. The van der Waals surface area contributed by atoms with E-state index in [1.807, 2.05) is 6.07 Å². The molecule has 2 unspecified atom stereocenters. The summed E-state index contributed by atoms with van der Waals surface area (Å²) in [5.74, 6) is -4.01. The van der Waals surface area contributed by atoms with Gasteiger partial charge in [0.15, 0.2) is 0 Å². The number of carboxylic acids is 1. The summed E-state index contributed by atoms with van der Waals surface area (Å²) in [5, 5.41) is 22.7. The fraction of sp³-hybridized carbons (Fsp3) is 0.436. The molecule has 3 aromatic rings. The molecule has 0 fully saturated rings. The number of carbonyl (C=O) groups excluding carboxylic acids is 4. The van der Waals surface area contributed by atoms with Crippen molar-refractivity contribution in [3.8, 4) is 5.75 Å². The summed E-state index contributed by atoms with van der Waals surface area (Å²) in [6.45, 7) is 2.81. The summed E-state index contributed by atoms with van der Waals surface area (Å²) in [6.07, 6.45) is 3.77. The molecule has 0 radical (unpaired) electrons. The van der Waals surface area contributed by atoms with Crippen molar-refractivity contribution >= 4 is 55.6 Å². The Bertz CT molecular complexity index is 2270. The summed E-state index contributed by atoms with van der Waals surface area (Å²) < 4.78 is 66.2. The van der Waals surface area contributed by atoms with Crippen molar-refractivity contribution in [1.29, 1.82) is 0 Å². The summed E-state index contributed by atoms with van der Waals surface area (Å²) in [4.78, 5) is 65.6. The van der Waals surface area contributed by atoms with Crippen LogP contribution in [0.2, 0.25) is 0 Å². The fourth-order valence-corrected chi connectivity index (χ4v) is 8.71. The molecule has 0 saturated heterocycles. The summed E-state index contributed by atoms with van der Waals surface area (Å²) in [7, 11) is -9.00. The number of aromatic nitrogens is 1. The van der Waals surface area contributed by atoms with E-state index in [-0.39, 0.29) is 54.1 Å². The Morgan fingerprint density at radius 3 is 2.25 bits per heavy atom. The molecule has 2 aromatic carbocycles. The summed E-state index contributed by atoms with van der Waals surface area (Å²) in [5.41, 5.74) is 9.12. The number of benzene rings is 2. The fourth-order valence-electron chi connectivity index (χ4n) is 6.41. The molecule has 10 N–H and O–H groups in total. The Hall–Kier alpha value is -5.68. The van der Waals surface area contributed by atoms with Crippen molar-refractivity contribution in [2.45, 2.75) is 69.4 Å². The van der Waals surface area contributed by atoms with Crippen LogP contribution in [0, 0.1) is 13.8 Å². The smallest absolute Gasteiger partial charge is 0.323 e. The molecule has 0 aliphatic carbocycles. The van der Waals surface area contributed by atoms with Crippen LogP contribution in [0.1, 0.15) is 57.6 Å². The van der Waals surface area contributed by atoms with Crippen LogP contribution >= 0.6 is 0 Å². The molecular formula is C39H52N8O12S2. The molecule has 20 nitrogen and oxygen atoms in total. The number of hydrogen-bond donors (Lipinski definition) is 9. The van der Waals surface area contributed by atoms with E-state index >= 15 is 0 Å². The normalized spacial score (nSPS) is 13.4. The van der Waals surface area contributed by atoms with Gasteiger partial charge in [-0.05, 0) is 98.5 Å². The number of amides is 4. The van der Waals surface area contributed by atoms with E-state index < -0.39 is 80.7 Å². The quantitative estimate of drug-likeness (QED) is 0.0437. The molecule has 2 heterocycles. The number of hydrogen-bond acceptors (Lipinski definition) is 13. The highest BCUT2D eigenvalue weighted by atomic mass is 32.2. The summed E-state index contributed by atoms with van der Waals surface area (Å²) in [6, 6.07) is 10.6. The highest BCUT2D eigenvalue weighted by Gasteiger charge is 2.29. The predicted molar refractivity (Wildman–Crippen MR) is 223 cm³/mol. The minimum Gasteiger partial charge on any atom is -0.494 e. The maximum Gasteiger partial charge on any atom is 0.323 e. The van der Waals surface area contributed by atoms with Gasteiger partial charge in [0.25, 0.3) is 16.0 Å². The van der Waals surface area contributed by atoms with Crippen LogP contribution in [0.3, 0.4) is 0 Å². The van der Waals surface area contributed by atoms with Crippen LogP contribution in [0.25, 0.3) is 0 Å². The molecule has 0 bridgehead atoms. The number of sulfonamides is 1. The topological polar surface area (TPSA) is 314 Å². The van der Waals surface area contributed by atoms with Gasteiger partial charge in [-0.3, -0.25) is 28.5 Å². The van der Waals surface area contributed by atoms with E-state index in [2.05, 4.69) is 37.4 Å². The zero-order chi connectivity index (χ0) is 44.7. The number of anilines is 1. The number of aryl methyl sites for hydroxylation is 5. The van der Waals surface area contributed by atoms with Crippen molar-refractivity contribution < 1.29 is 55.2 Å². The van der Waals surface area contributed by atoms with Crippen LogP contribution in [0.5, 0.6) is 5.75 Å². The van der Waals surface area contributed by atoms with Gasteiger partial charge in [-0.15, -0.1) is 0 Å². The van der Waals surface area contributed by atoms with E-state index in [9.17, 15) is 45.9 Å². The monoisotopic (exact) mass is 888 g/mol. The first-order chi connectivity index (χ1) is 28.8. The van der Waals surface area contributed by atoms with Crippen molar-refractivity contribution in [2.75, 3.05) is 50.4 Å². The third-order valence-corrected chi connectivity index (χ3v) is 11.9. The predicted octanol–water partition coefficient (Wildman–Crippen LogP) is -0.274. The van der Waals surface area contributed by atoms with Gasteiger partial charge in [0.1, 0.15) is 29.4 Å². The molecule has 4 amide bonds. The van der Waals surface area contributed by atoms with Gasteiger partial charge in [-0.25, -0.2) is 13.4 Å². The van der Waals surface area contributed by atoms with Gasteiger partial charge in [-0.2, -0.15) is 13.1 Å². The lowest BCUT2D eigenvalue weighted by molar-refractivity contribution is -0.138. The zero-order valence-electron chi connectivity index (χ0n) is 33.8. The van der Waals surface area contributed by atoms with Gasteiger partial charge in [0.05, 0.1) is 18.0 Å². The Balaban J connectivity index is 1.20. The zero-order valence-corrected chi connectivity index (χ0v) is 35.4. The van der Waals surface area contributed by atoms with E-state index in [1.165, 1.54) is 31.5 Å². The van der Waals surface area contributed by atoms with E-state index in [1.54, 1.807) is 24.3 Å². The van der Waals surface area contributed by atoms with E-state index in [4.69, 9.17) is 20.0 Å². The minimum absolute atomic E-state index is 0.0186. The molecule has 0 saturated carbocycles. The average Bonchev–Trinajstić information content (AvgIpc) is 3.20. The van der Waals surface area contributed by atoms with Crippen LogP contribution in [0.15, 0.2) is 53.4 Å². The molecule has 1 aliphatic heterocycles. The average molecular weight is 889 g/mol. The molecule has 22 heteroatoms. The number of rotatable bonds is 23. The number of fused-ring (bicyclic) bond motifs is 1. The lowest BCUT2D eigenvalue weighted by Gasteiger charge is -2.19. The SMILES string of the molecule is Cc1cc(OCCCC(=O)NCCNC(=O)C(CS(=O)(=O)O)NC(=O)CN)cc(C)c1S(=O)(=O)NC(CNC(=O)c1ccc(CCc2ccc3c(n2)NCCC3)cc1)C(=O)O. The molecule has 1 aliphatic rings. The van der Waals surface area contributed by atoms with Gasteiger partial charge in [0.2, 0.25) is 27.7 Å². The molecule has 2 atom stereocenters. The van der Waals surface area contributed by atoms with E-state index in [0.29, 0.717) is 18.6 Å². The number of nitrogens with two attached hydrogens (primary N) is 1. The van der Waals surface area contributed by atoms with Crippen molar-refractivity contribution in [1.82, 2.24) is 31.0 Å². The summed E-state index contributed by atoms with van der Waals surface area (Å²) >= 11 is 0. The lowest BCUT2D eigenvalue weighted by atomic mass is 10.0. The Kier molecular flexibility index (Phi) is 17.5. The third-order valence-electron chi connectivity index (χ3n) is 9.38. The van der Waals surface area contributed by atoms with Crippen LogP contribution in [-0.2, 0) is 58.6 Å². The second-order valence-corrected chi connectivity index (χ2v) is 17.5. The van der Waals surface area contributed by atoms with Gasteiger partial charge >= 0.3 is 5.97 Å². The molecule has 0 spiro atoms. The Morgan fingerprint density at radius 2 is 1.59 bits per heavy atom. The van der Waals surface area contributed by atoms with Crippen molar-refractivity contribution in [2.24, 2.45) is 5.73 Å².